The monoisotopic (exact) mass is 489 g/mol. The van der Waals surface area contributed by atoms with Crippen LogP contribution in [0.1, 0.15) is 24.1 Å². The fraction of sp³-hybridized carbons (Fsp3) is 0.304. The number of ether oxygens (including phenoxy) is 3. The van der Waals surface area contributed by atoms with Crippen molar-refractivity contribution in [1.82, 2.24) is 4.90 Å². The lowest BCUT2D eigenvalue weighted by Crippen LogP contribution is -2.32. The summed E-state index contributed by atoms with van der Waals surface area (Å²) >= 11 is 3.39. The van der Waals surface area contributed by atoms with Gasteiger partial charge in [-0.05, 0) is 58.7 Å². The number of carbonyl (C=O) groups excluding carboxylic acids is 2. The smallest absolute Gasteiger partial charge is 0.295 e. The molecule has 0 aromatic heterocycles. The van der Waals surface area contributed by atoms with E-state index in [1.165, 1.54) is 19.1 Å². The van der Waals surface area contributed by atoms with Crippen molar-refractivity contribution < 1.29 is 28.9 Å². The van der Waals surface area contributed by atoms with Crippen LogP contribution < -0.4 is 9.47 Å². The van der Waals surface area contributed by atoms with E-state index in [0.29, 0.717) is 33.7 Å². The number of likely N-dealkylation sites (tertiary alicyclic amines) is 1. The first-order valence-electron chi connectivity index (χ1n) is 9.76. The molecule has 31 heavy (non-hydrogen) atoms. The Hall–Kier alpha value is -2.84. The van der Waals surface area contributed by atoms with Gasteiger partial charge in [0.15, 0.2) is 0 Å². The van der Waals surface area contributed by atoms with Crippen molar-refractivity contribution in [1.29, 1.82) is 0 Å². The average Bonchev–Trinajstić information content (AvgIpc) is 3.02. The Balaban J connectivity index is 2.16. The van der Waals surface area contributed by atoms with Gasteiger partial charge in [-0.2, -0.15) is 0 Å². The molecule has 1 fully saturated rings. The van der Waals surface area contributed by atoms with Crippen LogP contribution >= 0.6 is 15.9 Å². The molecule has 0 bridgehead atoms. The van der Waals surface area contributed by atoms with Gasteiger partial charge in [-0.15, -0.1) is 0 Å². The van der Waals surface area contributed by atoms with E-state index in [2.05, 4.69) is 15.9 Å². The highest BCUT2D eigenvalue weighted by Crippen LogP contribution is 2.40. The molecule has 1 N–H and O–H groups in total. The van der Waals surface area contributed by atoms with Gasteiger partial charge in [0.05, 0.1) is 36.4 Å². The van der Waals surface area contributed by atoms with E-state index in [1.54, 1.807) is 42.5 Å². The topological polar surface area (TPSA) is 85.3 Å². The van der Waals surface area contributed by atoms with E-state index >= 15 is 0 Å². The normalized spacial score (nSPS) is 17.8. The molecule has 2 aromatic carbocycles. The van der Waals surface area contributed by atoms with Crippen molar-refractivity contribution in [3.05, 3.63) is 63.6 Å². The zero-order chi connectivity index (χ0) is 22.5. The second-order valence-electron chi connectivity index (χ2n) is 6.84. The number of ketones is 1. The standard InChI is InChI=1S/C23H24BrNO6/c1-4-31-16-7-5-6-14(12-16)20-19(22(27)23(28)25(20)10-11-29-2)21(26)15-8-9-18(30-3)17(24)13-15/h5-9,12-13,20,26H,4,10-11H2,1-3H3/b21-19+. The molecule has 1 unspecified atom stereocenters. The van der Waals surface area contributed by atoms with Crippen LogP contribution in [0.5, 0.6) is 11.5 Å². The summed E-state index contributed by atoms with van der Waals surface area (Å²) in [5, 5.41) is 11.1. The van der Waals surface area contributed by atoms with Crippen LogP contribution in [0, 0.1) is 0 Å². The number of hydrogen-bond acceptors (Lipinski definition) is 6. The molecular weight excluding hydrogens is 466 g/mol. The Morgan fingerprint density at radius 2 is 1.94 bits per heavy atom. The van der Waals surface area contributed by atoms with Gasteiger partial charge < -0.3 is 24.2 Å². The van der Waals surface area contributed by atoms with Crippen LogP contribution in [-0.2, 0) is 14.3 Å². The highest BCUT2D eigenvalue weighted by atomic mass is 79.9. The maximum atomic E-state index is 13.0. The molecule has 1 saturated heterocycles. The first-order chi connectivity index (χ1) is 14.9. The van der Waals surface area contributed by atoms with Crippen molar-refractivity contribution in [2.24, 2.45) is 0 Å². The number of aliphatic hydroxyl groups is 1. The number of nitrogens with zero attached hydrogens (tertiary/aromatic N) is 1. The van der Waals surface area contributed by atoms with Crippen molar-refractivity contribution in [2.75, 3.05) is 34.0 Å². The van der Waals surface area contributed by atoms with Gasteiger partial charge in [-0.3, -0.25) is 9.59 Å². The third-order valence-electron chi connectivity index (χ3n) is 4.99. The van der Waals surface area contributed by atoms with E-state index < -0.39 is 17.7 Å². The minimum atomic E-state index is -0.767. The lowest BCUT2D eigenvalue weighted by atomic mass is 9.95. The summed E-state index contributed by atoms with van der Waals surface area (Å²) < 4.78 is 16.6. The zero-order valence-electron chi connectivity index (χ0n) is 17.6. The van der Waals surface area contributed by atoms with Gasteiger partial charge >= 0.3 is 0 Å². The fourth-order valence-electron chi connectivity index (χ4n) is 3.56. The number of halogens is 1. The van der Waals surface area contributed by atoms with Gasteiger partial charge in [-0.1, -0.05) is 12.1 Å². The van der Waals surface area contributed by atoms with E-state index in [4.69, 9.17) is 14.2 Å². The molecule has 1 heterocycles. The van der Waals surface area contributed by atoms with Crippen LogP contribution in [-0.4, -0.2) is 55.7 Å². The second-order valence-corrected chi connectivity index (χ2v) is 7.69. The second kappa shape index (κ2) is 9.98. The molecule has 0 radical (unpaired) electrons. The number of benzene rings is 2. The summed E-state index contributed by atoms with van der Waals surface area (Å²) in [4.78, 5) is 27.2. The molecule has 1 atom stereocenters. The van der Waals surface area contributed by atoms with Crippen molar-refractivity contribution in [2.45, 2.75) is 13.0 Å². The minimum Gasteiger partial charge on any atom is -0.507 e. The zero-order valence-corrected chi connectivity index (χ0v) is 19.1. The Labute approximate surface area is 189 Å². The Kier molecular flexibility index (Phi) is 7.35. The Morgan fingerprint density at radius 1 is 1.16 bits per heavy atom. The largest absolute Gasteiger partial charge is 0.507 e. The predicted octanol–water partition coefficient (Wildman–Crippen LogP) is 3.92. The number of carbonyl (C=O) groups is 2. The van der Waals surface area contributed by atoms with Crippen LogP contribution in [0.2, 0.25) is 0 Å². The molecule has 1 amide bonds. The minimum absolute atomic E-state index is 0.0202. The third-order valence-corrected chi connectivity index (χ3v) is 5.61. The SMILES string of the molecule is CCOc1cccc(C2/C(=C(\O)c3ccc(OC)c(Br)c3)C(=O)C(=O)N2CCOC)c1. The average molecular weight is 490 g/mol. The molecule has 3 rings (SSSR count). The molecule has 1 aliphatic rings. The van der Waals surface area contributed by atoms with Gasteiger partial charge in [0.25, 0.3) is 11.7 Å². The number of methoxy groups -OCH3 is 2. The van der Waals surface area contributed by atoms with E-state index in [9.17, 15) is 14.7 Å². The molecule has 1 aliphatic heterocycles. The summed E-state index contributed by atoms with van der Waals surface area (Å²) in [5.41, 5.74) is 1.07. The number of hydrogen-bond donors (Lipinski definition) is 1. The molecule has 0 saturated carbocycles. The summed E-state index contributed by atoms with van der Waals surface area (Å²) in [5.74, 6) is -0.485. The lowest BCUT2D eigenvalue weighted by molar-refractivity contribution is -0.140. The molecule has 7 nitrogen and oxygen atoms in total. The maximum absolute atomic E-state index is 13.0. The number of Topliss-reactive ketones (excluding diaryl/α,β-unsaturated/α-hetero) is 1. The quantitative estimate of drug-likeness (QED) is 0.343. The van der Waals surface area contributed by atoms with Crippen LogP contribution in [0.15, 0.2) is 52.5 Å². The van der Waals surface area contributed by atoms with Gasteiger partial charge in [0, 0.05) is 19.2 Å². The van der Waals surface area contributed by atoms with E-state index in [-0.39, 0.29) is 24.5 Å². The summed E-state index contributed by atoms with van der Waals surface area (Å²) in [6.45, 7) is 2.81. The third kappa shape index (κ3) is 4.60. The first kappa shape index (κ1) is 22.8. The molecule has 8 heteroatoms. The summed E-state index contributed by atoms with van der Waals surface area (Å²) in [6, 6.07) is 11.4. The van der Waals surface area contributed by atoms with E-state index in [0.717, 1.165) is 0 Å². The maximum Gasteiger partial charge on any atom is 0.295 e. The highest BCUT2D eigenvalue weighted by molar-refractivity contribution is 9.10. The number of aliphatic hydroxyl groups excluding tert-OH is 1. The molecule has 0 spiro atoms. The van der Waals surface area contributed by atoms with Crippen molar-refractivity contribution in [3.8, 4) is 11.5 Å². The lowest BCUT2D eigenvalue weighted by Gasteiger charge is -2.25. The van der Waals surface area contributed by atoms with Gasteiger partial charge in [0.1, 0.15) is 17.3 Å². The van der Waals surface area contributed by atoms with Crippen molar-refractivity contribution in [3.63, 3.8) is 0 Å². The van der Waals surface area contributed by atoms with E-state index in [1.807, 2.05) is 6.92 Å². The van der Waals surface area contributed by atoms with Gasteiger partial charge in [-0.25, -0.2) is 0 Å². The van der Waals surface area contributed by atoms with Crippen molar-refractivity contribution >= 4 is 33.4 Å². The highest BCUT2D eigenvalue weighted by Gasteiger charge is 2.46. The van der Waals surface area contributed by atoms with Crippen LogP contribution in [0.4, 0.5) is 0 Å². The molecule has 2 aromatic rings. The molecular formula is C23H24BrNO6. The first-order valence-corrected chi connectivity index (χ1v) is 10.6. The Bertz CT molecular complexity index is 1020. The van der Waals surface area contributed by atoms with Gasteiger partial charge in [0.2, 0.25) is 0 Å². The fourth-order valence-corrected chi connectivity index (χ4v) is 4.10. The molecule has 164 valence electrons. The summed E-state index contributed by atoms with van der Waals surface area (Å²) in [7, 11) is 3.06. The predicted molar refractivity (Wildman–Crippen MR) is 119 cm³/mol. The molecule has 0 aliphatic carbocycles. The summed E-state index contributed by atoms with van der Waals surface area (Å²) in [6.07, 6.45) is 0. The van der Waals surface area contributed by atoms with Crippen LogP contribution in [0.25, 0.3) is 5.76 Å². The number of amides is 1. The number of rotatable bonds is 8. The Morgan fingerprint density at radius 3 is 2.58 bits per heavy atom. The van der Waals surface area contributed by atoms with Crippen LogP contribution in [0.3, 0.4) is 0 Å².